The molecule has 1 rings (SSSR count). The molecule has 1 heterocycles. The van der Waals surface area contributed by atoms with Gasteiger partial charge in [0.25, 0.3) is 0 Å². The fourth-order valence-electron chi connectivity index (χ4n) is 0.699. The summed E-state index contributed by atoms with van der Waals surface area (Å²) in [5.74, 6) is 0.417. The summed E-state index contributed by atoms with van der Waals surface area (Å²) in [5, 5.41) is 9.13. The van der Waals surface area contributed by atoms with Gasteiger partial charge in [-0.05, 0) is 18.2 Å². The minimum Gasteiger partial charge on any atom is -0.505 e. The lowest BCUT2D eigenvalue weighted by Crippen LogP contribution is -1.81. The Hall–Kier alpha value is -0.730. The van der Waals surface area contributed by atoms with Gasteiger partial charge in [0.1, 0.15) is 0 Å². The quantitative estimate of drug-likeness (QED) is 0.593. The summed E-state index contributed by atoms with van der Waals surface area (Å²) >= 11 is 11.0. The van der Waals surface area contributed by atoms with E-state index >= 15 is 0 Å². The van der Waals surface area contributed by atoms with Crippen molar-refractivity contribution in [3.63, 3.8) is 0 Å². The average Bonchev–Trinajstić information content (AvgIpc) is 2.07. The van der Waals surface area contributed by atoms with Gasteiger partial charge in [-0.3, -0.25) is 0 Å². The van der Waals surface area contributed by atoms with Crippen molar-refractivity contribution >= 4 is 29.3 Å². The molecule has 0 bridgehead atoms. The van der Waals surface area contributed by atoms with E-state index in [1.807, 2.05) is 0 Å². The highest BCUT2D eigenvalue weighted by Crippen LogP contribution is 2.20. The van der Waals surface area contributed by atoms with Gasteiger partial charge in [0.15, 0.2) is 10.9 Å². The van der Waals surface area contributed by atoms with Crippen molar-refractivity contribution in [2.24, 2.45) is 0 Å². The third-order valence-corrected chi connectivity index (χ3v) is 1.68. The number of pyridine rings is 1. The molecule has 0 atom stereocenters. The van der Waals surface area contributed by atoms with Gasteiger partial charge in [0, 0.05) is 5.88 Å². The maximum atomic E-state index is 9.02. The normalized spacial score (nSPS) is 10.8. The fourth-order valence-corrected chi connectivity index (χ4v) is 0.949. The molecule has 0 aliphatic rings. The van der Waals surface area contributed by atoms with Gasteiger partial charge in [-0.1, -0.05) is 17.7 Å². The first-order valence-electron chi connectivity index (χ1n) is 3.32. The fraction of sp³-hybridized carbons (Fsp3) is 0.125. The third-order valence-electron chi connectivity index (χ3n) is 1.23. The van der Waals surface area contributed by atoms with Crippen LogP contribution in [0.4, 0.5) is 0 Å². The maximum Gasteiger partial charge on any atom is 0.171 e. The third kappa shape index (κ3) is 2.40. The summed E-state index contributed by atoms with van der Waals surface area (Å²) in [4.78, 5) is 3.88. The molecule has 1 aromatic heterocycles. The largest absolute Gasteiger partial charge is 0.505 e. The van der Waals surface area contributed by atoms with Crippen LogP contribution in [0.5, 0.6) is 5.75 Å². The van der Waals surface area contributed by atoms with Gasteiger partial charge in [0.05, 0.1) is 5.69 Å². The highest BCUT2D eigenvalue weighted by molar-refractivity contribution is 6.30. The Morgan fingerprint density at radius 2 is 2.25 bits per heavy atom. The van der Waals surface area contributed by atoms with E-state index in [9.17, 15) is 0 Å². The molecule has 0 spiro atoms. The summed E-state index contributed by atoms with van der Waals surface area (Å²) < 4.78 is 0. The first-order chi connectivity index (χ1) is 5.74. The van der Waals surface area contributed by atoms with Crippen molar-refractivity contribution in [3.05, 3.63) is 29.1 Å². The SMILES string of the molecule is Oc1ccc(C=CCCl)nc1Cl. The number of hydrogen-bond acceptors (Lipinski definition) is 2. The van der Waals surface area contributed by atoms with Crippen LogP contribution in [-0.2, 0) is 0 Å². The molecule has 0 saturated carbocycles. The van der Waals surface area contributed by atoms with E-state index in [2.05, 4.69) is 4.98 Å². The van der Waals surface area contributed by atoms with E-state index in [1.54, 1.807) is 18.2 Å². The average molecular weight is 204 g/mol. The molecule has 0 saturated heterocycles. The van der Waals surface area contributed by atoms with Crippen LogP contribution < -0.4 is 0 Å². The van der Waals surface area contributed by atoms with Crippen molar-refractivity contribution in [1.29, 1.82) is 0 Å². The molecule has 2 nitrogen and oxygen atoms in total. The number of allylic oxidation sites excluding steroid dienone is 1. The van der Waals surface area contributed by atoms with Crippen molar-refractivity contribution in [3.8, 4) is 5.75 Å². The van der Waals surface area contributed by atoms with Crippen molar-refractivity contribution in [2.75, 3.05) is 5.88 Å². The number of aromatic nitrogens is 1. The zero-order chi connectivity index (χ0) is 8.97. The zero-order valence-corrected chi connectivity index (χ0v) is 7.68. The van der Waals surface area contributed by atoms with Crippen LogP contribution in [0.25, 0.3) is 6.08 Å². The van der Waals surface area contributed by atoms with Crippen LogP contribution in [0, 0.1) is 0 Å². The van der Waals surface area contributed by atoms with Gasteiger partial charge in [0.2, 0.25) is 0 Å². The molecular formula is C8H7Cl2NO. The molecule has 0 radical (unpaired) electrons. The standard InChI is InChI=1S/C8H7Cl2NO/c9-5-1-2-6-3-4-7(12)8(10)11-6/h1-4,12H,5H2. The van der Waals surface area contributed by atoms with Crippen LogP contribution in [0.3, 0.4) is 0 Å². The van der Waals surface area contributed by atoms with Gasteiger partial charge in [-0.2, -0.15) is 0 Å². The number of nitrogens with zero attached hydrogens (tertiary/aromatic N) is 1. The van der Waals surface area contributed by atoms with Gasteiger partial charge >= 0.3 is 0 Å². The second-order valence-electron chi connectivity index (χ2n) is 2.10. The van der Waals surface area contributed by atoms with E-state index in [0.717, 1.165) is 0 Å². The first kappa shape index (κ1) is 9.36. The molecule has 0 fully saturated rings. The molecule has 1 N–H and O–H groups in total. The lowest BCUT2D eigenvalue weighted by Gasteiger charge is -1.96. The lowest BCUT2D eigenvalue weighted by molar-refractivity contribution is 0.473. The molecule has 4 heteroatoms. The molecule has 12 heavy (non-hydrogen) atoms. The Labute approximate surface area is 80.5 Å². The van der Waals surface area contributed by atoms with Crippen LogP contribution in [0.15, 0.2) is 18.2 Å². The molecule has 64 valence electrons. The van der Waals surface area contributed by atoms with Crippen LogP contribution in [0.1, 0.15) is 5.69 Å². The van der Waals surface area contributed by atoms with Crippen molar-refractivity contribution in [1.82, 2.24) is 4.98 Å². The summed E-state index contributed by atoms with van der Waals surface area (Å²) in [6.07, 6.45) is 3.48. The van der Waals surface area contributed by atoms with E-state index in [4.69, 9.17) is 28.3 Å². The predicted molar refractivity (Wildman–Crippen MR) is 50.7 cm³/mol. The molecule has 0 aromatic carbocycles. The Kier molecular flexibility index (Phi) is 3.38. The van der Waals surface area contributed by atoms with Gasteiger partial charge in [-0.15, -0.1) is 11.6 Å². The molecule has 0 unspecified atom stereocenters. The highest BCUT2D eigenvalue weighted by atomic mass is 35.5. The molecule has 0 amide bonds. The number of aromatic hydroxyl groups is 1. The smallest absolute Gasteiger partial charge is 0.171 e. The van der Waals surface area contributed by atoms with E-state index in [1.165, 1.54) is 6.07 Å². The van der Waals surface area contributed by atoms with E-state index < -0.39 is 0 Å². The highest BCUT2D eigenvalue weighted by Gasteiger charge is 1.97. The number of halogens is 2. The van der Waals surface area contributed by atoms with Crippen LogP contribution >= 0.6 is 23.2 Å². The van der Waals surface area contributed by atoms with Gasteiger partial charge < -0.3 is 5.11 Å². The minimum atomic E-state index is -0.0142. The van der Waals surface area contributed by atoms with Crippen LogP contribution in [0.2, 0.25) is 5.15 Å². The van der Waals surface area contributed by atoms with Crippen LogP contribution in [-0.4, -0.2) is 16.0 Å². The Morgan fingerprint density at radius 3 is 2.83 bits per heavy atom. The van der Waals surface area contributed by atoms with Gasteiger partial charge in [-0.25, -0.2) is 4.98 Å². The van der Waals surface area contributed by atoms with Crippen molar-refractivity contribution < 1.29 is 5.11 Å². The minimum absolute atomic E-state index is 0.0142. The number of rotatable bonds is 2. The second-order valence-corrected chi connectivity index (χ2v) is 2.77. The zero-order valence-electron chi connectivity index (χ0n) is 6.17. The molecule has 1 aromatic rings. The first-order valence-corrected chi connectivity index (χ1v) is 4.23. The Balaban J connectivity index is 2.89. The number of hydrogen-bond donors (Lipinski definition) is 1. The molecular weight excluding hydrogens is 197 g/mol. The monoisotopic (exact) mass is 203 g/mol. The van der Waals surface area contributed by atoms with Crippen molar-refractivity contribution in [2.45, 2.75) is 0 Å². The summed E-state index contributed by atoms with van der Waals surface area (Å²) in [6, 6.07) is 3.15. The topological polar surface area (TPSA) is 33.1 Å². The summed E-state index contributed by atoms with van der Waals surface area (Å²) in [5.41, 5.74) is 0.679. The van der Waals surface area contributed by atoms with E-state index in [-0.39, 0.29) is 10.9 Å². The Morgan fingerprint density at radius 1 is 1.50 bits per heavy atom. The summed E-state index contributed by atoms with van der Waals surface area (Å²) in [6.45, 7) is 0. The molecule has 0 aliphatic carbocycles. The second kappa shape index (κ2) is 4.33. The van der Waals surface area contributed by atoms with E-state index in [0.29, 0.717) is 11.6 Å². The number of alkyl halides is 1. The maximum absolute atomic E-state index is 9.02. The Bertz CT molecular complexity index is 299. The summed E-state index contributed by atoms with van der Waals surface area (Å²) in [7, 11) is 0. The lowest BCUT2D eigenvalue weighted by atomic mass is 10.3. The predicted octanol–water partition coefficient (Wildman–Crippen LogP) is 2.69. The molecule has 0 aliphatic heterocycles.